The summed E-state index contributed by atoms with van der Waals surface area (Å²) in [6.07, 6.45) is 2.66. The van der Waals surface area contributed by atoms with E-state index in [2.05, 4.69) is 15.3 Å². The minimum absolute atomic E-state index is 0.00118. The minimum Gasteiger partial charge on any atom is -0.319 e. The Bertz CT molecular complexity index is 527. The van der Waals surface area contributed by atoms with Crippen LogP contribution in [0.25, 0.3) is 0 Å². The highest BCUT2D eigenvalue weighted by atomic mass is 35.5. The molecule has 0 aliphatic carbocycles. The number of amides is 1. The minimum atomic E-state index is -0.478. The van der Waals surface area contributed by atoms with Crippen LogP contribution in [0.4, 0.5) is 10.1 Å². The molecule has 2 aromatic rings. The number of carbonyl (C=O) groups excluding carboxylic acids is 1. The third kappa shape index (κ3) is 2.98. The van der Waals surface area contributed by atoms with Crippen molar-refractivity contribution in [2.45, 2.75) is 0 Å². The summed E-state index contributed by atoms with van der Waals surface area (Å²) < 4.78 is 12.6. The van der Waals surface area contributed by atoms with Gasteiger partial charge in [-0.2, -0.15) is 0 Å². The number of rotatable bonds is 2. The number of hydrogen-bond donors (Lipinski definition) is 1. The number of hydrogen-bond acceptors (Lipinski definition) is 3. The second-order valence-corrected chi connectivity index (χ2v) is 3.62. The number of benzene rings is 1. The average Bonchev–Trinajstić information content (AvgIpc) is 2.33. The van der Waals surface area contributed by atoms with Crippen LogP contribution >= 0.6 is 11.6 Å². The first-order valence-corrected chi connectivity index (χ1v) is 5.07. The van der Waals surface area contributed by atoms with Crippen molar-refractivity contribution >= 4 is 23.2 Å². The fourth-order valence-corrected chi connectivity index (χ4v) is 1.25. The van der Waals surface area contributed by atoms with Gasteiger partial charge in [-0.05, 0) is 24.3 Å². The molecule has 1 aromatic carbocycles. The monoisotopic (exact) mass is 251 g/mol. The van der Waals surface area contributed by atoms with Crippen molar-refractivity contribution in [3.8, 4) is 0 Å². The van der Waals surface area contributed by atoms with E-state index in [-0.39, 0.29) is 11.6 Å². The van der Waals surface area contributed by atoms with E-state index >= 15 is 0 Å². The summed E-state index contributed by atoms with van der Waals surface area (Å²) in [6, 6.07) is 5.39. The molecular weight excluding hydrogens is 245 g/mol. The normalized spacial score (nSPS) is 10.0. The van der Waals surface area contributed by atoms with Gasteiger partial charge in [-0.15, -0.1) is 0 Å². The second-order valence-electron chi connectivity index (χ2n) is 3.19. The lowest BCUT2D eigenvalue weighted by Gasteiger charge is -2.03. The summed E-state index contributed by atoms with van der Waals surface area (Å²) in [6.45, 7) is 0. The van der Waals surface area contributed by atoms with Gasteiger partial charge in [0.1, 0.15) is 5.82 Å². The Morgan fingerprint density at radius 2 is 1.76 bits per heavy atom. The van der Waals surface area contributed by atoms with E-state index in [0.29, 0.717) is 10.7 Å². The zero-order chi connectivity index (χ0) is 12.3. The Morgan fingerprint density at radius 3 is 2.35 bits per heavy atom. The topological polar surface area (TPSA) is 54.9 Å². The quantitative estimate of drug-likeness (QED) is 0.892. The van der Waals surface area contributed by atoms with E-state index < -0.39 is 5.91 Å². The summed E-state index contributed by atoms with van der Waals surface area (Å²) >= 11 is 5.60. The molecule has 0 bridgehead atoms. The number of carbonyl (C=O) groups is 1. The van der Waals surface area contributed by atoms with Crippen molar-refractivity contribution in [3.63, 3.8) is 0 Å². The second kappa shape index (κ2) is 4.88. The standard InChI is InChI=1S/C11H7ClFN3O/c12-7-5-14-10(15-6-7)11(17)16-9-3-1-8(13)2-4-9/h1-6H,(H,16,17). The fourth-order valence-electron chi connectivity index (χ4n) is 1.15. The highest BCUT2D eigenvalue weighted by Crippen LogP contribution is 2.09. The van der Waals surface area contributed by atoms with E-state index in [1.807, 2.05) is 0 Å². The average molecular weight is 252 g/mol. The first-order valence-electron chi connectivity index (χ1n) is 4.69. The Balaban J connectivity index is 2.11. The molecule has 1 aromatic heterocycles. The zero-order valence-electron chi connectivity index (χ0n) is 8.52. The van der Waals surface area contributed by atoms with Crippen molar-refractivity contribution in [2.24, 2.45) is 0 Å². The van der Waals surface area contributed by atoms with Crippen LogP contribution in [0.2, 0.25) is 5.02 Å². The molecule has 1 heterocycles. The van der Waals surface area contributed by atoms with Gasteiger partial charge in [-0.1, -0.05) is 11.6 Å². The van der Waals surface area contributed by atoms with E-state index in [9.17, 15) is 9.18 Å². The maximum atomic E-state index is 12.6. The predicted molar refractivity (Wildman–Crippen MR) is 61.4 cm³/mol. The maximum absolute atomic E-state index is 12.6. The number of nitrogens with zero attached hydrogens (tertiary/aromatic N) is 2. The molecule has 1 N–H and O–H groups in total. The number of nitrogens with one attached hydrogen (secondary N) is 1. The van der Waals surface area contributed by atoms with Crippen molar-refractivity contribution in [1.82, 2.24) is 9.97 Å². The van der Waals surface area contributed by atoms with Crippen LogP contribution in [0.3, 0.4) is 0 Å². The molecule has 0 fully saturated rings. The van der Waals surface area contributed by atoms with Crippen LogP contribution in [-0.4, -0.2) is 15.9 Å². The summed E-state index contributed by atoms with van der Waals surface area (Å²) in [5.41, 5.74) is 0.468. The lowest BCUT2D eigenvalue weighted by molar-refractivity contribution is 0.101. The molecule has 2 rings (SSSR count). The van der Waals surface area contributed by atoms with Crippen LogP contribution in [0.15, 0.2) is 36.7 Å². The molecule has 0 atom stereocenters. The van der Waals surface area contributed by atoms with Crippen LogP contribution in [0.5, 0.6) is 0 Å². The highest BCUT2D eigenvalue weighted by Gasteiger charge is 2.08. The van der Waals surface area contributed by atoms with Gasteiger partial charge in [0, 0.05) is 18.1 Å². The number of aromatic nitrogens is 2. The zero-order valence-corrected chi connectivity index (χ0v) is 9.28. The molecule has 4 nitrogen and oxygen atoms in total. The van der Waals surface area contributed by atoms with E-state index in [1.54, 1.807) is 0 Å². The first kappa shape index (κ1) is 11.5. The molecule has 0 saturated heterocycles. The molecule has 0 spiro atoms. The van der Waals surface area contributed by atoms with Gasteiger partial charge in [0.2, 0.25) is 5.82 Å². The van der Waals surface area contributed by atoms with Gasteiger partial charge >= 0.3 is 0 Å². The molecule has 6 heteroatoms. The summed E-state index contributed by atoms with van der Waals surface area (Å²) in [5, 5.41) is 2.88. The maximum Gasteiger partial charge on any atom is 0.293 e. The molecular formula is C11H7ClFN3O. The summed E-state index contributed by atoms with van der Waals surface area (Å²) in [4.78, 5) is 19.2. The lowest BCUT2D eigenvalue weighted by Crippen LogP contribution is -2.15. The smallest absolute Gasteiger partial charge is 0.293 e. The Kier molecular flexibility index (Phi) is 3.30. The van der Waals surface area contributed by atoms with Gasteiger partial charge in [-0.25, -0.2) is 14.4 Å². The Labute approximate surface area is 101 Å². The number of halogens is 2. The fraction of sp³-hybridized carbons (Fsp3) is 0. The molecule has 86 valence electrons. The van der Waals surface area contributed by atoms with E-state index in [4.69, 9.17) is 11.6 Å². The van der Waals surface area contributed by atoms with Crippen molar-refractivity contribution < 1.29 is 9.18 Å². The third-order valence-electron chi connectivity index (χ3n) is 1.93. The van der Waals surface area contributed by atoms with Crippen LogP contribution in [0.1, 0.15) is 10.6 Å². The van der Waals surface area contributed by atoms with Gasteiger partial charge < -0.3 is 5.32 Å². The SMILES string of the molecule is O=C(Nc1ccc(F)cc1)c1ncc(Cl)cn1. The largest absolute Gasteiger partial charge is 0.319 e. The summed E-state index contributed by atoms with van der Waals surface area (Å²) in [5.74, 6) is -0.849. The summed E-state index contributed by atoms with van der Waals surface area (Å²) in [7, 11) is 0. The van der Waals surface area contributed by atoms with Gasteiger partial charge in [-0.3, -0.25) is 4.79 Å². The van der Waals surface area contributed by atoms with Gasteiger partial charge in [0.05, 0.1) is 5.02 Å². The molecule has 17 heavy (non-hydrogen) atoms. The molecule has 0 unspecified atom stereocenters. The molecule has 0 aliphatic rings. The molecule has 1 amide bonds. The molecule has 0 radical (unpaired) electrons. The Morgan fingerprint density at radius 1 is 1.18 bits per heavy atom. The van der Waals surface area contributed by atoms with Crippen molar-refractivity contribution in [2.75, 3.05) is 5.32 Å². The lowest BCUT2D eigenvalue weighted by atomic mass is 10.3. The van der Waals surface area contributed by atoms with Crippen molar-refractivity contribution in [3.05, 3.63) is 53.3 Å². The molecule has 0 aliphatic heterocycles. The Hall–Kier alpha value is -2.01. The van der Waals surface area contributed by atoms with Crippen molar-refractivity contribution in [1.29, 1.82) is 0 Å². The van der Waals surface area contributed by atoms with E-state index in [1.165, 1.54) is 36.7 Å². The van der Waals surface area contributed by atoms with Crippen LogP contribution < -0.4 is 5.32 Å². The number of anilines is 1. The van der Waals surface area contributed by atoms with Gasteiger partial charge in [0.15, 0.2) is 0 Å². The van der Waals surface area contributed by atoms with E-state index in [0.717, 1.165) is 0 Å². The predicted octanol–water partition coefficient (Wildman–Crippen LogP) is 2.52. The molecule has 0 saturated carbocycles. The van der Waals surface area contributed by atoms with Crippen LogP contribution in [0, 0.1) is 5.82 Å². The van der Waals surface area contributed by atoms with Crippen LogP contribution in [-0.2, 0) is 0 Å². The first-order chi connectivity index (χ1) is 8.15. The third-order valence-corrected chi connectivity index (χ3v) is 2.12. The van der Waals surface area contributed by atoms with Gasteiger partial charge in [0.25, 0.3) is 5.91 Å². The highest BCUT2D eigenvalue weighted by molar-refractivity contribution is 6.30.